The van der Waals surface area contributed by atoms with Gasteiger partial charge in [-0.1, -0.05) is 0 Å². The number of fused-ring (bicyclic) bond motifs is 2. The van der Waals surface area contributed by atoms with E-state index in [0.717, 1.165) is 5.39 Å². The normalized spacial score (nSPS) is 17.4. The van der Waals surface area contributed by atoms with Crippen molar-refractivity contribution in [1.29, 1.82) is 0 Å². The fourth-order valence-electron chi connectivity index (χ4n) is 4.40. The SMILES string of the molecule is Cn1c(=O)ccc2ccc(F)c(CCNCC[C@H]3CN(c4cnc5c(n4)CC(=O)CO5)C(=O)O3)c21. The van der Waals surface area contributed by atoms with Crippen LogP contribution in [-0.4, -0.2) is 58.8 Å². The summed E-state index contributed by atoms with van der Waals surface area (Å²) in [6.45, 7) is 1.33. The van der Waals surface area contributed by atoms with Gasteiger partial charge in [0.1, 0.15) is 24.2 Å². The summed E-state index contributed by atoms with van der Waals surface area (Å²) in [7, 11) is 1.64. The maximum Gasteiger partial charge on any atom is 0.415 e. The van der Waals surface area contributed by atoms with Crippen LogP contribution in [0.4, 0.5) is 15.0 Å². The molecular formula is C24H24FN5O5. The Balaban J connectivity index is 1.15. The summed E-state index contributed by atoms with van der Waals surface area (Å²) in [5.41, 5.74) is 1.31. The largest absolute Gasteiger partial charge is 0.468 e. The van der Waals surface area contributed by atoms with Crippen molar-refractivity contribution >= 4 is 28.6 Å². The van der Waals surface area contributed by atoms with Crippen LogP contribution in [0, 0.1) is 5.82 Å². The minimum Gasteiger partial charge on any atom is -0.468 e. The molecule has 0 unspecified atom stereocenters. The van der Waals surface area contributed by atoms with Crippen molar-refractivity contribution in [3.63, 3.8) is 0 Å². The van der Waals surface area contributed by atoms with Crippen LogP contribution in [-0.2, 0) is 29.4 Å². The van der Waals surface area contributed by atoms with Crippen molar-refractivity contribution in [2.24, 2.45) is 7.05 Å². The first-order valence-electron chi connectivity index (χ1n) is 11.4. The van der Waals surface area contributed by atoms with E-state index < -0.39 is 6.09 Å². The molecular weight excluding hydrogens is 457 g/mol. The summed E-state index contributed by atoms with van der Waals surface area (Å²) in [5.74, 6) is 0.186. The van der Waals surface area contributed by atoms with Crippen LogP contribution >= 0.6 is 0 Å². The van der Waals surface area contributed by atoms with Crippen molar-refractivity contribution < 1.29 is 23.5 Å². The molecule has 1 amide bonds. The van der Waals surface area contributed by atoms with E-state index in [1.54, 1.807) is 19.2 Å². The van der Waals surface area contributed by atoms with E-state index in [1.165, 1.54) is 27.8 Å². The zero-order chi connectivity index (χ0) is 24.5. The molecule has 1 fully saturated rings. The number of ether oxygens (including phenoxy) is 2. The highest BCUT2D eigenvalue weighted by Gasteiger charge is 2.34. The van der Waals surface area contributed by atoms with E-state index in [1.807, 2.05) is 0 Å². The number of aryl methyl sites for hydroxylation is 1. The predicted molar refractivity (Wildman–Crippen MR) is 124 cm³/mol. The molecule has 0 radical (unpaired) electrons. The Kier molecular flexibility index (Phi) is 6.16. The van der Waals surface area contributed by atoms with Crippen LogP contribution in [0.3, 0.4) is 0 Å². The van der Waals surface area contributed by atoms with Crippen LogP contribution in [0.15, 0.2) is 35.3 Å². The van der Waals surface area contributed by atoms with Crippen molar-refractivity contribution in [3.8, 4) is 5.88 Å². The van der Waals surface area contributed by atoms with Gasteiger partial charge in [-0.05, 0) is 49.5 Å². The van der Waals surface area contributed by atoms with Crippen LogP contribution in [0.2, 0.25) is 0 Å². The molecule has 1 saturated heterocycles. The van der Waals surface area contributed by atoms with Gasteiger partial charge in [0.15, 0.2) is 11.6 Å². The van der Waals surface area contributed by atoms with Gasteiger partial charge < -0.3 is 19.4 Å². The number of rotatable bonds is 7. The average Bonchev–Trinajstić information content (AvgIpc) is 3.22. The van der Waals surface area contributed by atoms with Gasteiger partial charge in [-0.3, -0.25) is 14.5 Å². The van der Waals surface area contributed by atoms with Gasteiger partial charge in [-0.25, -0.2) is 19.2 Å². The minimum atomic E-state index is -0.522. The summed E-state index contributed by atoms with van der Waals surface area (Å²) in [5, 5.41) is 4.06. The number of halogens is 1. The van der Waals surface area contributed by atoms with Gasteiger partial charge in [0.05, 0.1) is 24.7 Å². The molecule has 35 heavy (non-hydrogen) atoms. The molecule has 4 heterocycles. The molecule has 11 heteroatoms. The van der Waals surface area contributed by atoms with Crippen LogP contribution < -0.4 is 20.5 Å². The number of carbonyl (C=O) groups is 2. The molecule has 0 aliphatic carbocycles. The van der Waals surface area contributed by atoms with Crippen molar-refractivity contribution in [2.45, 2.75) is 25.4 Å². The number of cyclic esters (lactones) is 1. The Labute approximate surface area is 199 Å². The quantitative estimate of drug-likeness (QED) is 0.505. The van der Waals surface area contributed by atoms with Crippen molar-refractivity contribution in [2.75, 3.05) is 31.1 Å². The van der Waals surface area contributed by atoms with E-state index in [9.17, 15) is 18.8 Å². The molecule has 1 aromatic carbocycles. The molecule has 0 saturated carbocycles. The fraction of sp³-hybridized carbons (Fsp3) is 0.375. The van der Waals surface area contributed by atoms with E-state index in [0.29, 0.717) is 60.9 Å². The zero-order valence-corrected chi connectivity index (χ0v) is 19.1. The lowest BCUT2D eigenvalue weighted by molar-refractivity contribution is -0.121. The second-order valence-electron chi connectivity index (χ2n) is 8.58. The number of nitrogens with one attached hydrogen (secondary N) is 1. The Hall–Kier alpha value is -3.86. The summed E-state index contributed by atoms with van der Waals surface area (Å²) >= 11 is 0. The lowest BCUT2D eigenvalue weighted by Crippen LogP contribution is -2.29. The molecule has 0 bridgehead atoms. The number of pyridine rings is 1. The Morgan fingerprint density at radius 1 is 1.17 bits per heavy atom. The number of hydrogen-bond acceptors (Lipinski definition) is 8. The predicted octanol–water partition coefficient (Wildman–Crippen LogP) is 1.52. The fourth-order valence-corrected chi connectivity index (χ4v) is 4.40. The third-order valence-electron chi connectivity index (χ3n) is 6.20. The summed E-state index contributed by atoms with van der Waals surface area (Å²) in [6, 6.07) is 6.25. The molecule has 5 rings (SSSR count). The molecule has 2 aliphatic rings. The second-order valence-corrected chi connectivity index (χ2v) is 8.58. The van der Waals surface area contributed by atoms with E-state index in [2.05, 4.69) is 15.3 Å². The standard InChI is InChI=1S/C24H24FN5O5/c1-29-21(32)5-3-14-2-4-18(25)17(22(14)29)7-9-26-8-6-16-12-30(24(33)35-16)20-11-27-23-19(28-20)10-15(31)13-34-23/h2-5,11,16,26H,6-10,12-13H2,1H3/t16-/m0/s1. The number of carbonyl (C=O) groups excluding carboxylic acids is 2. The highest BCUT2D eigenvalue weighted by Crippen LogP contribution is 2.25. The number of Topliss-reactive ketones (excluding diaryl/α,β-unsaturated/α-hetero) is 1. The summed E-state index contributed by atoms with van der Waals surface area (Å²) < 4.78 is 26.7. The van der Waals surface area contributed by atoms with E-state index in [-0.39, 0.29) is 36.3 Å². The number of anilines is 1. The van der Waals surface area contributed by atoms with Crippen molar-refractivity contribution in [1.82, 2.24) is 19.9 Å². The maximum absolute atomic E-state index is 14.5. The van der Waals surface area contributed by atoms with Gasteiger partial charge in [-0.15, -0.1) is 0 Å². The Morgan fingerprint density at radius 2 is 2.00 bits per heavy atom. The number of amides is 1. The molecule has 0 spiro atoms. The zero-order valence-electron chi connectivity index (χ0n) is 19.1. The molecule has 1 atom stereocenters. The van der Waals surface area contributed by atoms with Gasteiger partial charge in [0.25, 0.3) is 5.56 Å². The van der Waals surface area contributed by atoms with Crippen molar-refractivity contribution in [3.05, 3.63) is 57.9 Å². The number of nitrogens with zero attached hydrogens (tertiary/aromatic N) is 4. The van der Waals surface area contributed by atoms with Crippen LogP contribution in [0.5, 0.6) is 5.88 Å². The van der Waals surface area contributed by atoms with Crippen LogP contribution in [0.1, 0.15) is 17.7 Å². The minimum absolute atomic E-state index is 0.0207. The third-order valence-corrected chi connectivity index (χ3v) is 6.20. The van der Waals surface area contributed by atoms with E-state index >= 15 is 0 Å². The number of ketones is 1. The topological polar surface area (TPSA) is 116 Å². The molecule has 2 aromatic heterocycles. The highest BCUT2D eigenvalue weighted by atomic mass is 19.1. The monoisotopic (exact) mass is 481 g/mol. The molecule has 1 N–H and O–H groups in total. The van der Waals surface area contributed by atoms with Gasteiger partial charge >= 0.3 is 6.09 Å². The number of hydrogen-bond donors (Lipinski definition) is 1. The van der Waals surface area contributed by atoms with Gasteiger partial charge in [0, 0.05) is 18.7 Å². The molecule has 10 nitrogen and oxygen atoms in total. The first-order chi connectivity index (χ1) is 16.9. The lowest BCUT2D eigenvalue weighted by atomic mass is 10.1. The third kappa shape index (κ3) is 4.59. The maximum atomic E-state index is 14.5. The Bertz CT molecular complexity index is 1370. The Morgan fingerprint density at radius 3 is 2.86 bits per heavy atom. The number of aromatic nitrogens is 3. The first kappa shape index (κ1) is 22.9. The molecule has 2 aliphatic heterocycles. The molecule has 3 aromatic rings. The van der Waals surface area contributed by atoms with E-state index in [4.69, 9.17) is 9.47 Å². The second kappa shape index (κ2) is 9.41. The summed E-state index contributed by atoms with van der Waals surface area (Å²) in [6.07, 6.45) is 1.65. The average molecular weight is 481 g/mol. The smallest absolute Gasteiger partial charge is 0.415 e. The lowest BCUT2D eigenvalue weighted by Gasteiger charge is -2.17. The first-order valence-corrected chi connectivity index (χ1v) is 11.4. The highest BCUT2D eigenvalue weighted by molar-refractivity contribution is 5.89. The van der Waals surface area contributed by atoms with Crippen LogP contribution in [0.25, 0.3) is 10.9 Å². The van der Waals surface area contributed by atoms with Gasteiger partial charge in [-0.2, -0.15) is 0 Å². The molecule has 182 valence electrons. The van der Waals surface area contributed by atoms with Gasteiger partial charge in [0.2, 0.25) is 5.88 Å². The number of benzene rings is 1. The summed E-state index contributed by atoms with van der Waals surface area (Å²) in [4.78, 5) is 45.9.